The molecule has 0 aliphatic heterocycles. The molecule has 6 heteroatoms. The summed E-state index contributed by atoms with van der Waals surface area (Å²) in [6.07, 6.45) is 11.7. The number of hydrogen-bond donors (Lipinski definition) is 1. The first kappa shape index (κ1) is 26.4. The smallest absolute Gasteiger partial charge is 1.00 e. The number of ether oxygens (including phenoxy) is 1. The van der Waals surface area contributed by atoms with Crippen molar-refractivity contribution in [2.24, 2.45) is 0 Å². The van der Waals surface area contributed by atoms with Gasteiger partial charge in [0.1, 0.15) is 6.42 Å². The van der Waals surface area contributed by atoms with Crippen molar-refractivity contribution in [1.82, 2.24) is 0 Å². The Morgan fingerprint density at radius 3 is 1.76 bits per heavy atom. The molecule has 0 aromatic heterocycles. The van der Waals surface area contributed by atoms with Crippen LogP contribution in [0.1, 0.15) is 80.4 Å². The van der Waals surface area contributed by atoms with Gasteiger partial charge in [0.25, 0.3) is 0 Å². The molecule has 0 amide bonds. The van der Waals surface area contributed by atoms with Gasteiger partial charge in [0.05, 0.1) is 6.61 Å². The summed E-state index contributed by atoms with van der Waals surface area (Å²) >= 11 is 0. The van der Waals surface area contributed by atoms with Gasteiger partial charge in [-0.2, -0.15) is 0 Å². The van der Waals surface area contributed by atoms with Crippen LogP contribution in [0.5, 0.6) is 0 Å². The third kappa shape index (κ3) is 22.9. The van der Waals surface area contributed by atoms with Crippen molar-refractivity contribution in [1.29, 1.82) is 0 Å². The first-order valence-corrected chi connectivity index (χ1v) is 7.54. The third-order valence-corrected chi connectivity index (χ3v) is 3.06. The van der Waals surface area contributed by atoms with Crippen LogP contribution in [0, 0.1) is 0 Å². The van der Waals surface area contributed by atoms with Crippen molar-refractivity contribution in [3.63, 3.8) is 0 Å². The van der Waals surface area contributed by atoms with Gasteiger partial charge >= 0.3 is 60.4 Å². The van der Waals surface area contributed by atoms with Crippen LogP contribution in [0.2, 0.25) is 0 Å². The van der Waals surface area contributed by atoms with E-state index in [9.17, 15) is 9.59 Å². The normalized spacial score (nSPS) is 9.38. The summed E-state index contributed by atoms with van der Waals surface area (Å²) in [7, 11) is 0. The second-order valence-electron chi connectivity index (χ2n) is 4.97. The van der Waals surface area contributed by atoms with Gasteiger partial charge in [-0.15, -0.1) is 0 Å². The summed E-state index contributed by atoms with van der Waals surface area (Å²) in [4.78, 5) is 21.1. The van der Waals surface area contributed by atoms with Crippen LogP contribution in [0.25, 0.3) is 0 Å². The van der Waals surface area contributed by atoms with E-state index >= 15 is 0 Å². The summed E-state index contributed by atoms with van der Waals surface area (Å²) in [5, 5.41) is 8.36. The number of carbonyl (C=O) groups excluding carboxylic acids is 1. The molecule has 0 rings (SSSR count). The van der Waals surface area contributed by atoms with Crippen molar-refractivity contribution >= 4 is 11.9 Å². The van der Waals surface area contributed by atoms with Crippen molar-refractivity contribution in [2.45, 2.75) is 77.6 Å². The van der Waals surface area contributed by atoms with Gasteiger partial charge in [0.2, 0.25) is 0 Å². The number of carboxylic acid groups (broad SMARTS) is 1. The number of rotatable bonds is 13. The molecule has 0 aliphatic rings. The molecule has 0 bridgehead atoms. The molecule has 4 nitrogen and oxygen atoms in total. The molecular weight excluding hydrogens is 274 g/mol. The quantitative estimate of drug-likeness (QED) is 0.188. The minimum Gasteiger partial charge on any atom is -1.00 e. The molecule has 21 heavy (non-hydrogen) atoms. The Kier molecular flexibility index (Phi) is 25.9. The first-order valence-electron chi connectivity index (χ1n) is 7.54. The first-order chi connectivity index (χ1) is 9.16. The molecule has 0 spiro atoms. The predicted octanol–water partition coefficient (Wildman–Crippen LogP) is -1.84. The predicted molar refractivity (Wildman–Crippen MR) is 77.3 cm³/mol. The molecule has 0 saturated heterocycles. The van der Waals surface area contributed by atoms with Crippen LogP contribution < -0.4 is 48.4 Å². The molecular formula is C15H30LiNaO4. The Balaban J connectivity index is -0.000000270. The molecule has 1 N–H and O–H groups in total. The number of unbranched alkanes of at least 4 members (excludes halogenated alkanes) is 9. The van der Waals surface area contributed by atoms with Gasteiger partial charge in [-0.25, -0.2) is 0 Å². The number of hydrogen-bond acceptors (Lipinski definition) is 3. The minimum absolute atomic E-state index is 0. The molecule has 0 aromatic rings. The van der Waals surface area contributed by atoms with Crippen LogP contribution in [-0.2, 0) is 14.3 Å². The van der Waals surface area contributed by atoms with E-state index in [0.29, 0.717) is 6.61 Å². The molecule has 0 unspecified atom stereocenters. The molecule has 0 aliphatic carbocycles. The number of carboxylic acids is 1. The van der Waals surface area contributed by atoms with E-state index in [1.807, 2.05) is 0 Å². The van der Waals surface area contributed by atoms with E-state index in [1.54, 1.807) is 0 Å². The zero-order valence-electron chi connectivity index (χ0n) is 16.2. The molecule has 0 aromatic carbocycles. The summed E-state index contributed by atoms with van der Waals surface area (Å²) < 4.78 is 4.81. The fourth-order valence-corrected chi connectivity index (χ4v) is 1.95. The van der Waals surface area contributed by atoms with Gasteiger partial charge in [-0.3, -0.25) is 9.59 Å². The van der Waals surface area contributed by atoms with Crippen LogP contribution in [0.3, 0.4) is 0 Å². The van der Waals surface area contributed by atoms with E-state index in [2.05, 4.69) is 6.92 Å². The van der Waals surface area contributed by atoms with E-state index in [1.165, 1.54) is 51.4 Å². The average molecular weight is 304 g/mol. The van der Waals surface area contributed by atoms with Crippen LogP contribution >= 0.6 is 0 Å². The maximum absolute atomic E-state index is 10.9. The monoisotopic (exact) mass is 304 g/mol. The minimum atomic E-state index is -1.13. The van der Waals surface area contributed by atoms with Crippen molar-refractivity contribution < 1.29 is 70.7 Å². The van der Waals surface area contributed by atoms with Gasteiger partial charge in [0.15, 0.2) is 0 Å². The van der Waals surface area contributed by atoms with Gasteiger partial charge < -0.3 is 12.7 Å². The fourth-order valence-electron chi connectivity index (χ4n) is 1.95. The van der Waals surface area contributed by atoms with Crippen molar-refractivity contribution in [3.05, 3.63) is 0 Å². The van der Waals surface area contributed by atoms with Crippen molar-refractivity contribution in [3.8, 4) is 0 Å². The fraction of sp³-hybridized carbons (Fsp3) is 0.867. The van der Waals surface area contributed by atoms with Gasteiger partial charge in [-0.05, 0) is 6.42 Å². The van der Waals surface area contributed by atoms with Crippen molar-refractivity contribution in [2.75, 3.05) is 6.61 Å². The Labute approximate surface area is 166 Å². The Morgan fingerprint density at radius 1 is 0.905 bits per heavy atom. The van der Waals surface area contributed by atoms with E-state index in [0.717, 1.165) is 12.8 Å². The summed E-state index contributed by atoms with van der Waals surface area (Å²) in [5.41, 5.74) is 0. The standard InChI is InChI=1S/C15H28O4.Li.Na.2H/c1-2-3-4-5-6-7-8-9-10-11-12-19-15(18)13-14(16)17;;;;/h2-13H2,1H3,(H,16,17);;;;/q;2*+1;2*-1. The van der Waals surface area contributed by atoms with E-state index in [-0.39, 0.29) is 51.3 Å². The zero-order chi connectivity index (χ0) is 14.3. The second kappa shape index (κ2) is 20.5. The average Bonchev–Trinajstić information content (AvgIpc) is 2.35. The SMILES string of the molecule is CCCCCCCCCCCCOC(=O)CC(=O)O.[H-].[H-].[Li+].[Na+]. The number of carbonyl (C=O) groups is 2. The van der Waals surface area contributed by atoms with Crippen LogP contribution in [-0.4, -0.2) is 23.7 Å². The van der Waals surface area contributed by atoms with Crippen LogP contribution in [0.4, 0.5) is 0 Å². The molecule has 0 radical (unpaired) electrons. The zero-order valence-corrected chi connectivity index (χ0v) is 16.2. The van der Waals surface area contributed by atoms with E-state index < -0.39 is 18.4 Å². The third-order valence-electron chi connectivity index (χ3n) is 3.06. The second-order valence-corrected chi connectivity index (χ2v) is 4.97. The van der Waals surface area contributed by atoms with Gasteiger partial charge in [0, 0.05) is 0 Å². The number of aliphatic carboxylic acids is 1. The van der Waals surface area contributed by atoms with Crippen LogP contribution in [0.15, 0.2) is 0 Å². The molecule has 0 atom stereocenters. The summed E-state index contributed by atoms with van der Waals surface area (Å²) in [5.74, 6) is -1.77. The molecule has 0 saturated carbocycles. The maximum Gasteiger partial charge on any atom is 1.00 e. The Morgan fingerprint density at radius 2 is 1.33 bits per heavy atom. The van der Waals surface area contributed by atoms with Gasteiger partial charge in [-0.1, -0.05) is 64.7 Å². The van der Waals surface area contributed by atoms with E-state index in [4.69, 9.17) is 9.84 Å². The summed E-state index contributed by atoms with van der Waals surface area (Å²) in [6.45, 7) is 2.58. The maximum atomic E-state index is 10.9. The Hall–Kier alpha value is 0.537. The molecule has 116 valence electrons. The Bertz CT molecular complexity index is 260. The summed E-state index contributed by atoms with van der Waals surface area (Å²) in [6, 6.07) is 0. The molecule has 0 heterocycles. The molecule has 0 fully saturated rings. The largest absolute Gasteiger partial charge is 1.00 e. The number of esters is 1. The topological polar surface area (TPSA) is 63.6 Å².